The first-order valence-corrected chi connectivity index (χ1v) is 11.1. The van der Waals surface area contributed by atoms with Crippen LogP contribution in [0.5, 0.6) is 0 Å². The lowest BCUT2D eigenvalue weighted by atomic mass is 9.98. The molecule has 1 aliphatic carbocycles. The Morgan fingerprint density at radius 3 is 2.27 bits per heavy atom. The van der Waals surface area contributed by atoms with Gasteiger partial charge in [-0.05, 0) is 34.6 Å². The molecule has 2 aliphatic rings. The van der Waals surface area contributed by atoms with E-state index in [1.54, 1.807) is 0 Å². The van der Waals surface area contributed by atoms with Crippen molar-refractivity contribution in [3.63, 3.8) is 0 Å². The number of carboxylic acids is 1. The van der Waals surface area contributed by atoms with Gasteiger partial charge in [-0.15, -0.1) is 0 Å². The van der Waals surface area contributed by atoms with E-state index in [4.69, 9.17) is 9.47 Å². The SMILES string of the molecule is COC(CNC(=O)OCC1c2ccccc2-c2ccccc21)C(=O)N1CCC(C)C1C(=O)O. The molecule has 2 amide bonds. The molecule has 0 saturated carbocycles. The van der Waals surface area contributed by atoms with Gasteiger partial charge in [0.1, 0.15) is 12.6 Å². The molecule has 0 radical (unpaired) electrons. The van der Waals surface area contributed by atoms with E-state index in [9.17, 15) is 19.5 Å². The van der Waals surface area contributed by atoms with Gasteiger partial charge in [0.05, 0.1) is 6.54 Å². The Balaban J connectivity index is 1.35. The highest BCUT2D eigenvalue weighted by atomic mass is 16.5. The molecule has 33 heavy (non-hydrogen) atoms. The van der Waals surface area contributed by atoms with Crippen LogP contribution in [0.1, 0.15) is 30.4 Å². The number of hydrogen-bond acceptors (Lipinski definition) is 5. The number of hydrogen-bond donors (Lipinski definition) is 2. The first kappa shape index (κ1) is 22.8. The number of likely N-dealkylation sites (tertiary alicyclic amines) is 1. The highest BCUT2D eigenvalue weighted by Crippen LogP contribution is 2.44. The summed E-state index contributed by atoms with van der Waals surface area (Å²) in [5.41, 5.74) is 4.50. The van der Waals surface area contributed by atoms with E-state index in [1.165, 1.54) is 12.0 Å². The summed E-state index contributed by atoms with van der Waals surface area (Å²) in [4.78, 5) is 38.1. The molecular formula is C25H28N2O6. The van der Waals surface area contributed by atoms with Crippen LogP contribution in [0.15, 0.2) is 48.5 Å². The van der Waals surface area contributed by atoms with E-state index in [2.05, 4.69) is 17.4 Å². The quantitative estimate of drug-likeness (QED) is 0.669. The average molecular weight is 453 g/mol. The van der Waals surface area contributed by atoms with Crippen LogP contribution in [0.3, 0.4) is 0 Å². The molecule has 1 saturated heterocycles. The topological polar surface area (TPSA) is 105 Å². The number of benzene rings is 2. The summed E-state index contributed by atoms with van der Waals surface area (Å²) < 4.78 is 10.7. The van der Waals surface area contributed by atoms with Crippen molar-refractivity contribution in [2.24, 2.45) is 5.92 Å². The number of methoxy groups -OCH3 is 1. The number of carbonyl (C=O) groups excluding carboxylic acids is 2. The highest BCUT2D eigenvalue weighted by molar-refractivity contribution is 5.87. The van der Waals surface area contributed by atoms with Crippen molar-refractivity contribution in [3.05, 3.63) is 59.7 Å². The van der Waals surface area contributed by atoms with E-state index >= 15 is 0 Å². The van der Waals surface area contributed by atoms with Crippen molar-refractivity contribution < 1.29 is 29.0 Å². The van der Waals surface area contributed by atoms with E-state index < -0.39 is 30.1 Å². The third-order valence-corrected chi connectivity index (χ3v) is 6.57. The molecule has 2 N–H and O–H groups in total. The summed E-state index contributed by atoms with van der Waals surface area (Å²) in [7, 11) is 1.36. The molecule has 2 aromatic rings. The summed E-state index contributed by atoms with van der Waals surface area (Å²) in [6.07, 6.45) is -1.03. The van der Waals surface area contributed by atoms with Crippen molar-refractivity contribution >= 4 is 18.0 Å². The lowest BCUT2D eigenvalue weighted by Crippen LogP contribution is -2.50. The zero-order valence-corrected chi connectivity index (χ0v) is 18.7. The standard InChI is InChI=1S/C25H28N2O6/c1-15-11-12-27(22(15)24(29)30)23(28)21(32-2)13-26-25(31)33-14-20-18-9-5-3-7-16(18)17-8-4-6-10-19(17)20/h3-10,15,20-22H,11-14H2,1-2H3,(H,26,31)(H,29,30). The number of fused-ring (bicyclic) bond motifs is 3. The van der Waals surface area contributed by atoms with Crippen molar-refractivity contribution in [3.8, 4) is 11.1 Å². The van der Waals surface area contributed by atoms with Crippen LogP contribution in [-0.4, -0.2) is 66.9 Å². The fraction of sp³-hybridized carbons (Fsp3) is 0.400. The molecule has 1 heterocycles. The fourth-order valence-corrected chi connectivity index (χ4v) is 4.85. The fourth-order valence-electron chi connectivity index (χ4n) is 4.85. The summed E-state index contributed by atoms with van der Waals surface area (Å²) >= 11 is 0. The van der Waals surface area contributed by atoms with Crippen LogP contribution >= 0.6 is 0 Å². The Bertz CT molecular complexity index is 1010. The number of amides is 2. The maximum absolute atomic E-state index is 12.8. The first-order valence-electron chi connectivity index (χ1n) is 11.1. The smallest absolute Gasteiger partial charge is 0.407 e. The predicted molar refractivity (Wildman–Crippen MR) is 121 cm³/mol. The van der Waals surface area contributed by atoms with Crippen LogP contribution in [0.4, 0.5) is 4.79 Å². The molecule has 2 aromatic carbocycles. The minimum atomic E-state index is -1.03. The molecule has 174 valence electrons. The Morgan fingerprint density at radius 1 is 1.09 bits per heavy atom. The van der Waals surface area contributed by atoms with Gasteiger partial charge in [-0.25, -0.2) is 9.59 Å². The molecule has 8 nitrogen and oxygen atoms in total. The molecule has 0 aromatic heterocycles. The van der Waals surface area contributed by atoms with Crippen LogP contribution < -0.4 is 5.32 Å². The van der Waals surface area contributed by atoms with E-state index in [-0.39, 0.29) is 25.0 Å². The number of aliphatic carboxylic acids is 1. The number of carbonyl (C=O) groups is 3. The maximum Gasteiger partial charge on any atom is 0.407 e. The molecule has 3 atom stereocenters. The van der Waals surface area contributed by atoms with E-state index in [0.29, 0.717) is 13.0 Å². The maximum atomic E-state index is 12.8. The molecule has 1 aliphatic heterocycles. The second-order valence-electron chi connectivity index (χ2n) is 8.51. The molecular weight excluding hydrogens is 424 g/mol. The van der Waals surface area contributed by atoms with E-state index in [1.807, 2.05) is 43.3 Å². The highest BCUT2D eigenvalue weighted by Gasteiger charge is 2.41. The number of alkyl carbamates (subject to hydrolysis) is 1. The number of rotatable bonds is 7. The van der Waals surface area contributed by atoms with Gasteiger partial charge in [0.15, 0.2) is 6.10 Å². The third-order valence-electron chi connectivity index (χ3n) is 6.57. The van der Waals surface area contributed by atoms with Gasteiger partial charge in [-0.2, -0.15) is 0 Å². The summed E-state index contributed by atoms with van der Waals surface area (Å²) in [6, 6.07) is 15.2. The third kappa shape index (κ3) is 4.43. The zero-order valence-electron chi connectivity index (χ0n) is 18.7. The largest absolute Gasteiger partial charge is 0.480 e. The normalized spacial score (nSPS) is 20.1. The molecule has 8 heteroatoms. The van der Waals surface area contributed by atoms with Gasteiger partial charge in [0.25, 0.3) is 5.91 Å². The predicted octanol–water partition coefficient (Wildman–Crippen LogP) is 2.86. The Kier molecular flexibility index (Phi) is 6.65. The second kappa shape index (κ2) is 9.62. The molecule has 1 fully saturated rings. The summed E-state index contributed by atoms with van der Waals surface area (Å²) in [5.74, 6) is -1.69. The number of nitrogens with one attached hydrogen (secondary N) is 1. The number of carboxylic acid groups (broad SMARTS) is 1. The van der Waals surface area contributed by atoms with Crippen LogP contribution in [0, 0.1) is 5.92 Å². The van der Waals surface area contributed by atoms with Crippen molar-refractivity contribution in [2.75, 3.05) is 26.8 Å². The molecule has 0 bridgehead atoms. The van der Waals surface area contributed by atoms with Crippen molar-refractivity contribution in [2.45, 2.75) is 31.4 Å². The van der Waals surface area contributed by atoms with Gasteiger partial charge in [-0.1, -0.05) is 55.5 Å². The first-order chi connectivity index (χ1) is 15.9. The van der Waals surface area contributed by atoms with Gasteiger partial charge in [-0.3, -0.25) is 4.79 Å². The van der Waals surface area contributed by atoms with Gasteiger partial charge < -0.3 is 24.8 Å². The van der Waals surface area contributed by atoms with Crippen molar-refractivity contribution in [1.29, 1.82) is 0 Å². The zero-order chi connectivity index (χ0) is 23.5. The molecule has 0 spiro atoms. The Hall–Kier alpha value is -3.39. The number of ether oxygens (including phenoxy) is 2. The lowest BCUT2D eigenvalue weighted by Gasteiger charge is -2.27. The minimum Gasteiger partial charge on any atom is -0.480 e. The van der Waals surface area contributed by atoms with Gasteiger partial charge >= 0.3 is 12.1 Å². The minimum absolute atomic E-state index is 0.0644. The molecule has 3 unspecified atom stereocenters. The van der Waals surface area contributed by atoms with E-state index in [0.717, 1.165) is 22.3 Å². The van der Waals surface area contributed by atoms with Crippen LogP contribution in [0.25, 0.3) is 11.1 Å². The molecule has 4 rings (SSSR count). The number of nitrogens with zero attached hydrogens (tertiary/aromatic N) is 1. The average Bonchev–Trinajstić information content (AvgIpc) is 3.36. The monoisotopic (exact) mass is 452 g/mol. The Labute approximate surface area is 192 Å². The Morgan fingerprint density at radius 2 is 1.70 bits per heavy atom. The van der Waals surface area contributed by atoms with Crippen LogP contribution in [-0.2, 0) is 19.1 Å². The van der Waals surface area contributed by atoms with Crippen molar-refractivity contribution in [1.82, 2.24) is 10.2 Å². The van der Waals surface area contributed by atoms with Gasteiger partial charge in [0, 0.05) is 19.6 Å². The second-order valence-corrected chi connectivity index (χ2v) is 8.51. The summed E-state index contributed by atoms with van der Waals surface area (Å²) in [6.45, 7) is 2.21. The summed E-state index contributed by atoms with van der Waals surface area (Å²) in [5, 5.41) is 12.0. The van der Waals surface area contributed by atoms with Crippen LogP contribution in [0.2, 0.25) is 0 Å². The van der Waals surface area contributed by atoms with Gasteiger partial charge in [0.2, 0.25) is 0 Å². The lowest BCUT2D eigenvalue weighted by molar-refractivity contribution is -0.153.